The molecule has 1 aliphatic heterocycles. The topological polar surface area (TPSA) is 88.8 Å². The van der Waals surface area contributed by atoms with Crippen LogP contribution in [0.4, 0.5) is 29.1 Å². The Morgan fingerprint density at radius 2 is 2.03 bits per heavy atom. The maximum Gasteiger partial charge on any atom is 0.419 e. The predicted octanol–water partition coefficient (Wildman–Crippen LogP) is 2.47. The third-order valence-electron chi connectivity index (χ3n) is 4.67. The summed E-state index contributed by atoms with van der Waals surface area (Å²) in [6, 6.07) is 2.36. The summed E-state index contributed by atoms with van der Waals surface area (Å²) in [4.78, 5) is 22.5. The lowest BCUT2D eigenvalue weighted by molar-refractivity contribution is -0.140. The first-order valence-corrected chi connectivity index (χ1v) is 8.74. The standard InChI is InChI=1S/C17H15F4N7O/c1-2-28-15-13(25-26-28)14(22-8-23-15)27-6-9(7-27)16(29)24-10-3-4-12(18)11(5-10)17(19,20)21/h3-5,8-9H,2,6-7H2,1H3,(H,24,29). The van der Waals surface area contributed by atoms with Crippen molar-refractivity contribution in [2.75, 3.05) is 23.3 Å². The van der Waals surface area contributed by atoms with Crippen LogP contribution in [0, 0.1) is 11.7 Å². The maximum absolute atomic E-state index is 13.4. The van der Waals surface area contributed by atoms with Gasteiger partial charge in [-0.1, -0.05) is 5.21 Å². The number of nitrogens with one attached hydrogen (secondary N) is 1. The molecule has 1 fully saturated rings. The van der Waals surface area contributed by atoms with Gasteiger partial charge < -0.3 is 10.2 Å². The van der Waals surface area contributed by atoms with Gasteiger partial charge in [-0.05, 0) is 25.1 Å². The number of aryl methyl sites for hydroxylation is 1. The number of hydrogen-bond donors (Lipinski definition) is 1. The van der Waals surface area contributed by atoms with Gasteiger partial charge in [-0.15, -0.1) is 5.10 Å². The van der Waals surface area contributed by atoms with E-state index in [1.165, 1.54) is 6.33 Å². The second-order valence-electron chi connectivity index (χ2n) is 6.56. The minimum Gasteiger partial charge on any atom is -0.353 e. The number of halogens is 4. The van der Waals surface area contributed by atoms with Crippen LogP contribution in [0.15, 0.2) is 24.5 Å². The monoisotopic (exact) mass is 409 g/mol. The van der Waals surface area contributed by atoms with Crippen LogP contribution >= 0.6 is 0 Å². The molecule has 1 aromatic carbocycles. The summed E-state index contributed by atoms with van der Waals surface area (Å²) in [5.74, 6) is -1.76. The van der Waals surface area contributed by atoms with Crippen molar-refractivity contribution in [1.29, 1.82) is 0 Å². The molecule has 8 nitrogen and oxygen atoms in total. The molecule has 3 heterocycles. The van der Waals surface area contributed by atoms with Gasteiger partial charge in [0.2, 0.25) is 5.91 Å². The smallest absolute Gasteiger partial charge is 0.353 e. The number of aromatic nitrogens is 5. The fraction of sp³-hybridized carbons (Fsp3) is 0.353. The number of alkyl halides is 3. The number of nitrogens with zero attached hydrogens (tertiary/aromatic N) is 6. The molecular formula is C17H15F4N7O. The van der Waals surface area contributed by atoms with Crippen molar-refractivity contribution < 1.29 is 22.4 Å². The summed E-state index contributed by atoms with van der Waals surface area (Å²) in [5, 5.41) is 10.5. The molecule has 1 aliphatic rings. The van der Waals surface area contributed by atoms with E-state index in [-0.39, 0.29) is 5.69 Å². The van der Waals surface area contributed by atoms with Gasteiger partial charge in [0.25, 0.3) is 0 Å². The van der Waals surface area contributed by atoms with Gasteiger partial charge in [0.1, 0.15) is 12.1 Å². The first kappa shape index (κ1) is 19.0. The summed E-state index contributed by atoms with van der Waals surface area (Å²) >= 11 is 0. The quantitative estimate of drug-likeness (QED) is 0.666. The van der Waals surface area contributed by atoms with Crippen molar-refractivity contribution in [2.24, 2.45) is 5.92 Å². The predicted molar refractivity (Wildman–Crippen MR) is 94.5 cm³/mol. The Bertz CT molecular complexity index is 1080. The normalized spacial score (nSPS) is 14.9. The van der Waals surface area contributed by atoms with Gasteiger partial charge in [0.05, 0.1) is 11.5 Å². The van der Waals surface area contributed by atoms with Gasteiger partial charge in [0.15, 0.2) is 17.0 Å². The Morgan fingerprint density at radius 1 is 1.28 bits per heavy atom. The van der Waals surface area contributed by atoms with E-state index in [0.29, 0.717) is 48.7 Å². The molecule has 0 saturated carbocycles. The number of carbonyl (C=O) groups is 1. The number of rotatable bonds is 4. The molecule has 0 atom stereocenters. The van der Waals surface area contributed by atoms with E-state index in [0.717, 1.165) is 6.07 Å². The fourth-order valence-electron chi connectivity index (χ4n) is 3.11. The van der Waals surface area contributed by atoms with Crippen molar-refractivity contribution >= 4 is 28.6 Å². The van der Waals surface area contributed by atoms with Crippen LogP contribution in [0.2, 0.25) is 0 Å². The summed E-state index contributed by atoms with van der Waals surface area (Å²) in [6.07, 6.45) is -3.45. The molecule has 4 rings (SSSR count). The minimum absolute atomic E-state index is 0.113. The largest absolute Gasteiger partial charge is 0.419 e. The average molecular weight is 409 g/mol. The van der Waals surface area contributed by atoms with E-state index < -0.39 is 29.4 Å². The van der Waals surface area contributed by atoms with Gasteiger partial charge in [-0.2, -0.15) is 13.2 Å². The zero-order valence-electron chi connectivity index (χ0n) is 15.1. The van der Waals surface area contributed by atoms with Crippen LogP contribution in [0.1, 0.15) is 12.5 Å². The van der Waals surface area contributed by atoms with Crippen molar-refractivity contribution in [3.05, 3.63) is 35.9 Å². The molecule has 3 aromatic rings. The van der Waals surface area contributed by atoms with Crippen molar-refractivity contribution in [2.45, 2.75) is 19.6 Å². The molecule has 1 N–H and O–H groups in total. The first-order chi connectivity index (χ1) is 13.8. The van der Waals surface area contributed by atoms with Crippen molar-refractivity contribution in [1.82, 2.24) is 25.0 Å². The van der Waals surface area contributed by atoms with Gasteiger partial charge >= 0.3 is 6.18 Å². The van der Waals surface area contributed by atoms with Gasteiger partial charge in [0, 0.05) is 25.3 Å². The van der Waals surface area contributed by atoms with Crippen LogP contribution in [-0.2, 0) is 17.5 Å². The fourth-order valence-corrected chi connectivity index (χ4v) is 3.11. The number of hydrogen-bond acceptors (Lipinski definition) is 6. The van der Waals surface area contributed by atoms with Crippen LogP contribution in [-0.4, -0.2) is 44.0 Å². The van der Waals surface area contributed by atoms with Crippen LogP contribution < -0.4 is 10.2 Å². The zero-order chi connectivity index (χ0) is 20.8. The first-order valence-electron chi connectivity index (χ1n) is 8.74. The van der Waals surface area contributed by atoms with E-state index in [1.807, 2.05) is 11.8 Å². The average Bonchev–Trinajstić information content (AvgIpc) is 3.05. The van der Waals surface area contributed by atoms with E-state index in [2.05, 4.69) is 25.6 Å². The Balaban J connectivity index is 1.45. The Labute approximate surface area is 161 Å². The highest BCUT2D eigenvalue weighted by atomic mass is 19.4. The second-order valence-corrected chi connectivity index (χ2v) is 6.56. The summed E-state index contributed by atoms with van der Waals surface area (Å²) in [7, 11) is 0. The number of fused-ring (bicyclic) bond motifs is 1. The zero-order valence-corrected chi connectivity index (χ0v) is 15.1. The third-order valence-corrected chi connectivity index (χ3v) is 4.67. The van der Waals surface area contributed by atoms with Gasteiger partial charge in [-0.3, -0.25) is 4.79 Å². The lowest BCUT2D eigenvalue weighted by Gasteiger charge is -2.38. The molecule has 0 bridgehead atoms. The van der Waals surface area contributed by atoms with E-state index >= 15 is 0 Å². The van der Waals surface area contributed by atoms with E-state index in [4.69, 9.17) is 0 Å². The van der Waals surface area contributed by atoms with Gasteiger partial charge in [-0.25, -0.2) is 19.0 Å². The number of benzene rings is 1. The van der Waals surface area contributed by atoms with E-state index in [1.54, 1.807) is 4.68 Å². The summed E-state index contributed by atoms with van der Waals surface area (Å²) in [5.41, 5.74) is -0.441. The number of anilines is 2. The highest BCUT2D eigenvalue weighted by molar-refractivity contribution is 5.95. The highest BCUT2D eigenvalue weighted by Crippen LogP contribution is 2.33. The molecule has 1 saturated heterocycles. The maximum atomic E-state index is 13.4. The summed E-state index contributed by atoms with van der Waals surface area (Å²) < 4.78 is 53.4. The van der Waals surface area contributed by atoms with Crippen LogP contribution in [0.5, 0.6) is 0 Å². The SMILES string of the molecule is CCn1nnc2c(N3CC(C(=O)Nc4ccc(F)c(C(F)(F)F)c4)C3)ncnc21. The molecule has 0 radical (unpaired) electrons. The molecule has 0 spiro atoms. The number of amides is 1. The summed E-state index contributed by atoms with van der Waals surface area (Å²) in [6.45, 7) is 3.11. The molecule has 29 heavy (non-hydrogen) atoms. The van der Waals surface area contributed by atoms with Crippen LogP contribution in [0.3, 0.4) is 0 Å². The second kappa shape index (κ2) is 6.94. The molecule has 0 aliphatic carbocycles. The Morgan fingerprint density at radius 3 is 2.72 bits per heavy atom. The molecule has 1 amide bonds. The van der Waals surface area contributed by atoms with Crippen LogP contribution in [0.25, 0.3) is 11.2 Å². The Kier molecular flexibility index (Phi) is 4.55. The minimum atomic E-state index is -4.84. The molecule has 152 valence electrons. The molecule has 2 aromatic heterocycles. The molecule has 0 unspecified atom stereocenters. The lowest BCUT2D eigenvalue weighted by atomic mass is 9.99. The number of carbonyl (C=O) groups excluding carboxylic acids is 1. The van der Waals surface area contributed by atoms with Crippen molar-refractivity contribution in [3.8, 4) is 0 Å². The Hall–Kier alpha value is -3.31. The van der Waals surface area contributed by atoms with E-state index in [9.17, 15) is 22.4 Å². The molecule has 12 heteroatoms. The lowest BCUT2D eigenvalue weighted by Crippen LogP contribution is -2.52. The third kappa shape index (κ3) is 3.45. The highest BCUT2D eigenvalue weighted by Gasteiger charge is 2.37. The molecular weight excluding hydrogens is 394 g/mol. The van der Waals surface area contributed by atoms with Crippen molar-refractivity contribution in [3.63, 3.8) is 0 Å².